The standard InChI is InChI=1S/C18H17N3O4/c22-14-2-1-13(15(23)20-14)21-16(24)11-3-9-5-18(7-19-8-18)6-10(9)4-12(11)17(21)25/h3-4,13,19H,1-2,5-8H2,(H,20,22,23)/t13-/m0/s1. The van der Waals surface area contributed by atoms with Crippen LogP contribution in [-0.4, -0.2) is 47.7 Å². The van der Waals surface area contributed by atoms with Crippen LogP contribution >= 0.6 is 0 Å². The van der Waals surface area contributed by atoms with Crippen molar-refractivity contribution >= 4 is 23.6 Å². The van der Waals surface area contributed by atoms with Crippen molar-refractivity contribution in [2.24, 2.45) is 5.41 Å². The topological polar surface area (TPSA) is 95.6 Å². The van der Waals surface area contributed by atoms with Crippen LogP contribution < -0.4 is 10.6 Å². The molecule has 1 atom stereocenters. The van der Waals surface area contributed by atoms with Crippen LogP contribution in [0.2, 0.25) is 0 Å². The highest BCUT2D eigenvalue weighted by atomic mass is 16.2. The van der Waals surface area contributed by atoms with Gasteiger partial charge in [-0.1, -0.05) is 0 Å². The van der Waals surface area contributed by atoms with Gasteiger partial charge in [0.1, 0.15) is 6.04 Å². The number of amides is 4. The molecule has 0 unspecified atom stereocenters. The molecule has 1 spiro atoms. The highest BCUT2D eigenvalue weighted by Gasteiger charge is 2.47. The second kappa shape index (κ2) is 4.76. The fraction of sp³-hybridized carbons (Fsp3) is 0.444. The maximum Gasteiger partial charge on any atom is 0.262 e. The molecule has 1 aliphatic carbocycles. The van der Waals surface area contributed by atoms with Crippen molar-refractivity contribution in [3.05, 3.63) is 34.4 Å². The number of imide groups is 2. The molecule has 7 nitrogen and oxygen atoms in total. The second-order valence-electron chi connectivity index (χ2n) is 7.57. The van der Waals surface area contributed by atoms with Crippen LogP contribution in [-0.2, 0) is 22.4 Å². The maximum atomic E-state index is 12.8. The van der Waals surface area contributed by atoms with E-state index in [1.54, 1.807) is 0 Å². The van der Waals surface area contributed by atoms with Crippen molar-refractivity contribution in [1.82, 2.24) is 15.5 Å². The molecular weight excluding hydrogens is 322 g/mol. The molecule has 1 aromatic carbocycles. The van der Waals surface area contributed by atoms with Crippen molar-refractivity contribution < 1.29 is 19.2 Å². The Hall–Kier alpha value is -2.54. The first-order valence-corrected chi connectivity index (χ1v) is 8.56. The Bertz CT molecular complexity index is 824. The number of hydrogen-bond donors (Lipinski definition) is 2. The van der Waals surface area contributed by atoms with Crippen molar-refractivity contribution in [3.8, 4) is 0 Å². The maximum absolute atomic E-state index is 12.8. The quantitative estimate of drug-likeness (QED) is 0.690. The fourth-order valence-corrected chi connectivity index (χ4v) is 4.53. The highest BCUT2D eigenvalue weighted by molar-refractivity contribution is 6.23. The third-order valence-electron chi connectivity index (χ3n) is 5.89. The largest absolute Gasteiger partial charge is 0.315 e. The molecule has 1 aromatic rings. The first kappa shape index (κ1) is 14.8. The van der Waals surface area contributed by atoms with E-state index in [-0.39, 0.29) is 24.2 Å². The lowest BCUT2D eigenvalue weighted by Crippen LogP contribution is -2.54. The third-order valence-corrected chi connectivity index (χ3v) is 5.89. The minimum atomic E-state index is -0.901. The Balaban J connectivity index is 1.49. The van der Waals surface area contributed by atoms with E-state index in [0.29, 0.717) is 11.1 Å². The molecule has 2 N–H and O–H groups in total. The van der Waals surface area contributed by atoms with Gasteiger partial charge < -0.3 is 5.32 Å². The summed E-state index contributed by atoms with van der Waals surface area (Å²) in [7, 11) is 0. The lowest BCUT2D eigenvalue weighted by molar-refractivity contribution is -0.136. The number of nitrogens with one attached hydrogen (secondary N) is 2. The summed E-state index contributed by atoms with van der Waals surface area (Å²) in [5, 5.41) is 5.51. The third kappa shape index (κ3) is 1.96. The minimum absolute atomic E-state index is 0.135. The average Bonchev–Trinajstić information content (AvgIpc) is 3.04. The summed E-state index contributed by atoms with van der Waals surface area (Å²) in [4.78, 5) is 50.0. The van der Waals surface area contributed by atoms with Gasteiger partial charge in [0.25, 0.3) is 11.8 Å². The van der Waals surface area contributed by atoms with E-state index < -0.39 is 23.8 Å². The highest BCUT2D eigenvalue weighted by Crippen LogP contribution is 2.42. The molecule has 128 valence electrons. The molecule has 4 aliphatic rings. The number of benzene rings is 1. The van der Waals surface area contributed by atoms with Gasteiger partial charge in [0.05, 0.1) is 11.1 Å². The van der Waals surface area contributed by atoms with E-state index in [1.165, 1.54) is 0 Å². The molecule has 0 bridgehead atoms. The van der Waals surface area contributed by atoms with Crippen molar-refractivity contribution in [2.75, 3.05) is 13.1 Å². The average molecular weight is 339 g/mol. The molecule has 5 rings (SSSR count). The van der Waals surface area contributed by atoms with Crippen molar-refractivity contribution in [2.45, 2.75) is 31.7 Å². The molecule has 0 aromatic heterocycles. The summed E-state index contributed by atoms with van der Waals surface area (Å²) < 4.78 is 0. The van der Waals surface area contributed by atoms with Crippen LogP contribution in [0.4, 0.5) is 0 Å². The number of rotatable bonds is 1. The smallest absolute Gasteiger partial charge is 0.262 e. The zero-order chi connectivity index (χ0) is 17.3. The van der Waals surface area contributed by atoms with Crippen LogP contribution in [0.15, 0.2) is 12.1 Å². The predicted octanol–water partition coefficient (Wildman–Crippen LogP) is -0.224. The first-order chi connectivity index (χ1) is 12.0. The van der Waals surface area contributed by atoms with E-state index in [1.807, 2.05) is 12.1 Å². The summed E-state index contributed by atoms with van der Waals surface area (Å²) in [6, 6.07) is 2.77. The van der Waals surface area contributed by atoms with Gasteiger partial charge in [-0.3, -0.25) is 29.4 Å². The van der Waals surface area contributed by atoms with Crippen molar-refractivity contribution in [1.29, 1.82) is 0 Å². The van der Waals surface area contributed by atoms with Gasteiger partial charge in [-0.25, -0.2) is 0 Å². The van der Waals surface area contributed by atoms with E-state index in [9.17, 15) is 19.2 Å². The molecular formula is C18H17N3O4. The second-order valence-corrected chi connectivity index (χ2v) is 7.57. The van der Waals surface area contributed by atoms with Gasteiger partial charge in [0.15, 0.2) is 0 Å². The summed E-state index contributed by atoms with van der Waals surface area (Å²) in [5.74, 6) is -1.79. The van der Waals surface area contributed by atoms with E-state index in [4.69, 9.17) is 0 Å². The SMILES string of the molecule is O=C1CC[C@H](N2C(=O)c3cc4c(cc3C2=O)CC2(CNC2)C4)C(=O)N1. The minimum Gasteiger partial charge on any atom is -0.315 e. The van der Waals surface area contributed by atoms with Crippen molar-refractivity contribution in [3.63, 3.8) is 0 Å². The Morgan fingerprint density at radius 2 is 1.56 bits per heavy atom. The first-order valence-electron chi connectivity index (χ1n) is 8.56. The summed E-state index contributed by atoms with van der Waals surface area (Å²) in [6.45, 7) is 1.94. The van der Waals surface area contributed by atoms with Gasteiger partial charge in [-0.2, -0.15) is 0 Å². The molecule has 3 aliphatic heterocycles. The molecule has 7 heteroatoms. The van der Waals surface area contributed by atoms with Gasteiger partial charge >= 0.3 is 0 Å². The lowest BCUT2D eigenvalue weighted by Gasteiger charge is -2.39. The van der Waals surface area contributed by atoms with Gasteiger partial charge in [-0.15, -0.1) is 0 Å². The molecule has 0 radical (unpaired) electrons. The molecule has 0 saturated carbocycles. The zero-order valence-electron chi connectivity index (χ0n) is 13.6. The Morgan fingerprint density at radius 3 is 2.04 bits per heavy atom. The van der Waals surface area contributed by atoms with E-state index in [0.717, 1.165) is 42.0 Å². The number of carbonyl (C=O) groups is 4. The summed E-state index contributed by atoms with van der Waals surface area (Å²) in [6.07, 6.45) is 2.16. The monoisotopic (exact) mass is 339 g/mol. The van der Waals surface area contributed by atoms with Crippen LogP contribution in [0.25, 0.3) is 0 Å². The normalized spacial score (nSPS) is 26.6. The predicted molar refractivity (Wildman–Crippen MR) is 85.8 cm³/mol. The Labute approximate surface area is 143 Å². The zero-order valence-corrected chi connectivity index (χ0v) is 13.6. The number of hydrogen-bond acceptors (Lipinski definition) is 5. The number of piperidine rings is 1. The molecule has 2 saturated heterocycles. The van der Waals surface area contributed by atoms with Crippen LogP contribution in [0.3, 0.4) is 0 Å². The molecule has 4 amide bonds. The number of nitrogens with zero attached hydrogens (tertiary/aromatic N) is 1. The number of carbonyl (C=O) groups excluding carboxylic acids is 4. The summed E-state index contributed by atoms with van der Waals surface area (Å²) >= 11 is 0. The van der Waals surface area contributed by atoms with Crippen LogP contribution in [0.1, 0.15) is 44.7 Å². The number of fused-ring (bicyclic) bond motifs is 2. The Morgan fingerprint density at radius 1 is 0.960 bits per heavy atom. The van der Waals surface area contributed by atoms with E-state index in [2.05, 4.69) is 10.6 Å². The lowest BCUT2D eigenvalue weighted by atomic mass is 9.79. The summed E-state index contributed by atoms with van der Waals surface area (Å²) in [5.41, 5.74) is 3.28. The van der Waals surface area contributed by atoms with Gasteiger partial charge in [0, 0.05) is 24.9 Å². The van der Waals surface area contributed by atoms with Gasteiger partial charge in [-0.05, 0) is 42.5 Å². The van der Waals surface area contributed by atoms with Gasteiger partial charge in [0.2, 0.25) is 11.8 Å². The molecule has 3 heterocycles. The van der Waals surface area contributed by atoms with Crippen LogP contribution in [0, 0.1) is 5.41 Å². The molecule has 25 heavy (non-hydrogen) atoms. The van der Waals surface area contributed by atoms with Crippen LogP contribution in [0.5, 0.6) is 0 Å². The molecule has 2 fully saturated rings. The Kier molecular flexibility index (Phi) is 2.81. The van der Waals surface area contributed by atoms with E-state index >= 15 is 0 Å². The fourth-order valence-electron chi connectivity index (χ4n) is 4.53.